The third-order valence-corrected chi connectivity index (χ3v) is 2.84. The Hall–Kier alpha value is -2.50. The van der Waals surface area contributed by atoms with E-state index in [4.69, 9.17) is 10.3 Å². The Kier molecular flexibility index (Phi) is 2.40. The number of aromatic nitrogens is 1. The van der Waals surface area contributed by atoms with Gasteiger partial charge >= 0.3 is 0 Å². The van der Waals surface area contributed by atoms with Crippen LogP contribution in [0.1, 0.15) is 11.3 Å². The molecule has 0 aliphatic carbocycles. The molecular weight excluding hydrogens is 232 g/mol. The van der Waals surface area contributed by atoms with Crippen molar-refractivity contribution in [3.8, 4) is 0 Å². The largest absolute Gasteiger partial charge is 0.397 e. The van der Waals surface area contributed by atoms with Crippen molar-refractivity contribution in [2.75, 3.05) is 16.4 Å². The van der Waals surface area contributed by atoms with Gasteiger partial charge in [0.2, 0.25) is 5.91 Å². The van der Waals surface area contributed by atoms with Crippen LogP contribution in [0.5, 0.6) is 0 Å². The number of nitrogens with zero attached hydrogens (tertiary/aromatic N) is 1. The molecular formula is C12H12N4O2. The van der Waals surface area contributed by atoms with E-state index in [1.165, 1.54) is 0 Å². The summed E-state index contributed by atoms with van der Waals surface area (Å²) in [6, 6.07) is 5.43. The zero-order valence-corrected chi connectivity index (χ0v) is 9.56. The smallest absolute Gasteiger partial charge is 0.228 e. The fraction of sp³-hybridized carbons (Fsp3) is 0.167. The summed E-state index contributed by atoms with van der Waals surface area (Å²) in [5.74, 6) is 0.718. The van der Waals surface area contributed by atoms with Crippen molar-refractivity contribution in [2.24, 2.45) is 0 Å². The second kappa shape index (κ2) is 4.06. The molecule has 1 aliphatic heterocycles. The van der Waals surface area contributed by atoms with Gasteiger partial charge in [-0.3, -0.25) is 4.79 Å². The molecule has 2 heterocycles. The highest BCUT2D eigenvalue weighted by Crippen LogP contribution is 2.31. The molecule has 1 aromatic carbocycles. The number of hydrogen-bond acceptors (Lipinski definition) is 5. The molecule has 1 aromatic heterocycles. The molecule has 0 radical (unpaired) electrons. The molecule has 3 rings (SSSR count). The van der Waals surface area contributed by atoms with Crippen LogP contribution in [0, 0.1) is 0 Å². The van der Waals surface area contributed by atoms with Gasteiger partial charge in [-0.1, -0.05) is 5.16 Å². The van der Waals surface area contributed by atoms with Gasteiger partial charge in [-0.25, -0.2) is 0 Å². The number of nitrogens with one attached hydrogen (secondary N) is 2. The monoisotopic (exact) mass is 244 g/mol. The lowest BCUT2D eigenvalue weighted by atomic mass is 10.1. The van der Waals surface area contributed by atoms with Gasteiger partial charge in [-0.15, -0.1) is 0 Å². The minimum Gasteiger partial charge on any atom is -0.397 e. The van der Waals surface area contributed by atoms with Gasteiger partial charge in [0.05, 0.1) is 30.5 Å². The molecule has 6 nitrogen and oxygen atoms in total. The highest BCUT2D eigenvalue weighted by molar-refractivity contribution is 6.00. The van der Waals surface area contributed by atoms with E-state index in [2.05, 4.69) is 15.8 Å². The quantitative estimate of drug-likeness (QED) is 0.709. The maximum absolute atomic E-state index is 11.3. The molecule has 0 spiro atoms. The van der Waals surface area contributed by atoms with Gasteiger partial charge in [0.25, 0.3) is 0 Å². The first-order chi connectivity index (χ1) is 8.72. The van der Waals surface area contributed by atoms with E-state index in [0.29, 0.717) is 18.7 Å². The van der Waals surface area contributed by atoms with E-state index in [1.54, 1.807) is 12.3 Å². The van der Waals surface area contributed by atoms with Gasteiger partial charge in [-0.05, 0) is 17.7 Å². The van der Waals surface area contributed by atoms with Crippen LogP contribution in [-0.4, -0.2) is 11.1 Å². The predicted molar refractivity (Wildman–Crippen MR) is 67.0 cm³/mol. The van der Waals surface area contributed by atoms with Gasteiger partial charge in [0.15, 0.2) is 5.76 Å². The summed E-state index contributed by atoms with van der Waals surface area (Å²) in [4.78, 5) is 11.3. The second-order valence-corrected chi connectivity index (χ2v) is 4.15. The molecule has 1 aliphatic rings. The van der Waals surface area contributed by atoms with Crippen molar-refractivity contribution in [3.05, 3.63) is 35.7 Å². The molecule has 2 aromatic rings. The molecule has 18 heavy (non-hydrogen) atoms. The summed E-state index contributed by atoms with van der Waals surface area (Å²) in [6.07, 6.45) is 1.98. The van der Waals surface area contributed by atoms with E-state index in [1.807, 2.05) is 12.1 Å². The van der Waals surface area contributed by atoms with E-state index in [9.17, 15) is 4.79 Å². The average molecular weight is 244 g/mol. The first-order valence-corrected chi connectivity index (χ1v) is 5.58. The van der Waals surface area contributed by atoms with Crippen LogP contribution in [0.4, 0.5) is 17.1 Å². The number of anilines is 3. The molecule has 92 valence electrons. The SMILES string of the molecule is Nc1cc2c(cc1NCc1ccno1)NC(=O)C2. The van der Waals surface area contributed by atoms with Crippen molar-refractivity contribution >= 4 is 23.0 Å². The Morgan fingerprint density at radius 3 is 3.17 bits per heavy atom. The molecule has 0 fully saturated rings. The minimum absolute atomic E-state index is 0.00298. The van der Waals surface area contributed by atoms with E-state index < -0.39 is 0 Å². The third kappa shape index (κ3) is 1.88. The zero-order valence-electron chi connectivity index (χ0n) is 9.56. The number of nitrogens with two attached hydrogens (primary N) is 1. The standard InChI is InChI=1S/C12H12N4O2/c13-9-3-7-4-12(17)16-10(7)5-11(9)14-6-8-1-2-15-18-8/h1-3,5,14H,4,6,13H2,(H,16,17). The molecule has 1 amide bonds. The maximum Gasteiger partial charge on any atom is 0.228 e. The number of amides is 1. The average Bonchev–Trinajstić information content (AvgIpc) is 2.94. The van der Waals surface area contributed by atoms with Crippen LogP contribution >= 0.6 is 0 Å². The fourth-order valence-electron chi connectivity index (χ4n) is 1.96. The number of fused-ring (bicyclic) bond motifs is 1. The lowest BCUT2D eigenvalue weighted by Gasteiger charge is -2.10. The van der Waals surface area contributed by atoms with E-state index in [0.717, 1.165) is 22.7 Å². The van der Waals surface area contributed by atoms with Gasteiger partial charge < -0.3 is 20.9 Å². The Labute approximate surface area is 103 Å². The molecule has 6 heteroatoms. The highest BCUT2D eigenvalue weighted by atomic mass is 16.5. The number of rotatable bonds is 3. The van der Waals surface area contributed by atoms with Crippen LogP contribution in [-0.2, 0) is 17.8 Å². The Bertz CT molecular complexity index is 592. The van der Waals surface area contributed by atoms with Crippen LogP contribution in [0.3, 0.4) is 0 Å². The lowest BCUT2D eigenvalue weighted by molar-refractivity contribution is -0.115. The van der Waals surface area contributed by atoms with Gasteiger partial charge in [0.1, 0.15) is 0 Å². The summed E-state index contributed by atoms with van der Waals surface area (Å²) < 4.78 is 4.98. The Balaban J connectivity index is 1.80. The first kappa shape index (κ1) is 10.6. The summed E-state index contributed by atoms with van der Waals surface area (Å²) in [5.41, 5.74) is 9.06. The minimum atomic E-state index is -0.00298. The Morgan fingerprint density at radius 2 is 2.39 bits per heavy atom. The molecule has 0 saturated heterocycles. The van der Waals surface area contributed by atoms with E-state index >= 15 is 0 Å². The number of nitrogen functional groups attached to an aromatic ring is 1. The number of benzene rings is 1. The molecule has 0 unspecified atom stereocenters. The number of carbonyl (C=O) groups excluding carboxylic acids is 1. The predicted octanol–water partition coefficient (Wildman–Crippen LogP) is 1.36. The van der Waals surface area contributed by atoms with Crippen molar-refractivity contribution in [1.82, 2.24) is 5.16 Å². The van der Waals surface area contributed by atoms with Crippen LogP contribution in [0.2, 0.25) is 0 Å². The number of carbonyl (C=O) groups is 1. The summed E-state index contributed by atoms with van der Waals surface area (Å²) in [5, 5.41) is 9.56. The van der Waals surface area contributed by atoms with Crippen LogP contribution in [0.25, 0.3) is 0 Å². The summed E-state index contributed by atoms with van der Waals surface area (Å²) in [6.45, 7) is 0.497. The Morgan fingerprint density at radius 1 is 1.50 bits per heavy atom. The van der Waals surface area contributed by atoms with Crippen LogP contribution < -0.4 is 16.4 Å². The molecule has 0 atom stereocenters. The first-order valence-electron chi connectivity index (χ1n) is 5.58. The molecule has 0 bridgehead atoms. The summed E-state index contributed by atoms with van der Waals surface area (Å²) >= 11 is 0. The normalized spacial score (nSPS) is 13.2. The van der Waals surface area contributed by atoms with E-state index in [-0.39, 0.29) is 5.91 Å². The van der Waals surface area contributed by atoms with Crippen molar-refractivity contribution in [1.29, 1.82) is 0 Å². The maximum atomic E-state index is 11.3. The number of hydrogen-bond donors (Lipinski definition) is 3. The zero-order chi connectivity index (χ0) is 12.5. The summed E-state index contributed by atoms with van der Waals surface area (Å²) in [7, 11) is 0. The van der Waals surface area contributed by atoms with Crippen molar-refractivity contribution < 1.29 is 9.32 Å². The lowest BCUT2D eigenvalue weighted by Crippen LogP contribution is -2.04. The van der Waals surface area contributed by atoms with Gasteiger partial charge in [0, 0.05) is 11.8 Å². The molecule has 0 saturated carbocycles. The topological polar surface area (TPSA) is 93.2 Å². The highest BCUT2D eigenvalue weighted by Gasteiger charge is 2.19. The fourth-order valence-corrected chi connectivity index (χ4v) is 1.96. The third-order valence-electron chi connectivity index (χ3n) is 2.84. The van der Waals surface area contributed by atoms with Gasteiger partial charge in [-0.2, -0.15) is 0 Å². The second-order valence-electron chi connectivity index (χ2n) is 4.15. The molecule has 4 N–H and O–H groups in total. The van der Waals surface area contributed by atoms with Crippen molar-refractivity contribution in [2.45, 2.75) is 13.0 Å². The van der Waals surface area contributed by atoms with Crippen molar-refractivity contribution in [3.63, 3.8) is 0 Å². The van der Waals surface area contributed by atoms with Crippen LogP contribution in [0.15, 0.2) is 28.9 Å².